The normalized spacial score (nSPS) is 31.2. The number of hydrogen-bond donors (Lipinski definition) is 0. The Morgan fingerprint density at radius 1 is 0.426 bits per heavy atom. The molecule has 0 saturated heterocycles. The molecule has 264 valence electrons. The largest absolute Gasteiger partial charge is 0.310 e. The molecule has 0 radical (unpaired) electrons. The molecule has 6 fully saturated rings. The first-order valence-electron chi connectivity index (χ1n) is 21.1. The molecule has 0 heterocycles. The van der Waals surface area contributed by atoms with Crippen LogP contribution >= 0.6 is 0 Å². The van der Waals surface area contributed by atoms with Crippen molar-refractivity contribution >= 4 is 17.1 Å². The van der Waals surface area contributed by atoms with Gasteiger partial charge in [0.1, 0.15) is 0 Å². The van der Waals surface area contributed by atoms with E-state index in [4.69, 9.17) is 0 Å². The van der Waals surface area contributed by atoms with Crippen LogP contribution in [0.4, 0.5) is 17.1 Å². The summed E-state index contributed by atoms with van der Waals surface area (Å²) in [6, 6.07) is 54.4. The van der Waals surface area contributed by atoms with Crippen molar-refractivity contribution in [2.45, 2.75) is 68.6 Å². The fourth-order valence-electron chi connectivity index (χ4n) is 14.8. The Morgan fingerprint density at radius 3 is 1.80 bits per heavy atom. The standard InChI is InChI=1S/C53H47N/c1-2-9-36(10-3-1)37-18-21-41(22-19-37)54(42-23-24-47-45(31-42)43-11-4-6-13-46(43)52(47)32-33-17-20-38(52)26-33)50-16-8-15-49-51(50)44-12-5-7-14-48(44)53(49)39-27-34-25-35(29-39)30-40(53)28-34/h1-16,18-19,21-24,31,33-35,38-40H,17,20,25-30,32H2. The first kappa shape index (κ1) is 30.4. The Kier molecular flexibility index (Phi) is 6.13. The van der Waals surface area contributed by atoms with Crippen LogP contribution < -0.4 is 4.90 Å². The van der Waals surface area contributed by atoms with Crippen LogP contribution in [0.3, 0.4) is 0 Å². The third kappa shape index (κ3) is 3.81. The van der Waals surface area contributed by atoms with Crippen LogP contribution in [0.5, 0.6) is 0 Å². The van der Waals surface area contributed by atoms with Crippen molar-refractivity contribution < 1.29 is 0 Å². The molecule has 8 aliphatic rings. The van der Waals surface area contributed by atoms with Crippen LogP contribution in [0.25, 0.3) is 33.4 Å². The van der Waals surface area contributed by atoms with Crippen LogP contribution in [0, 0.1) is 35.5 Å². The molecule has 54 heavy (non-hydrogen) atoms. The lowest BCUT2D eigenvalue weighted by Gasteiger charge is -2.61. The van der Waals surface area contributed by atoms with Gasteiger partial charge in [-0.2, -0.15) is 0 Å². The molecule has 6 bridgehead atoms. The third-order valence-electron chi connectivity index (χ3n) is 16.3. The van der Waals surface area contributed by atoms with Gasteiger partial charge in [-0.1, -0.05) is 116 Å². The number of nitrogens with zero attached hydrogens (tertiary/aromatic N) is 1. The Balaban J connectivity index is 1.03. The van der Waals surface area contributed by atoms with Crippen LogP contribution in [0.2, 0.25) is 0 Å². The lowest BCUT2D eigenvalue weighted by atomic mass is 9.43. The summed E-state index contributed by atoms with van der Waals surface area (Å²) in [6.45, 7) is 0. The van der Waals surface area contributed by atoms with Gasteiger partial charge < -0.3 is 4.90 Å². The Bertz CT molecular complexity index is 2460. The van der Waals surface area contributed by atoms with Gasteiger partial charge in [-0.3, -0.25) is 0 Å². The van der Waals surface area contributed by atoms with E-state index in [2.05, 4.69) is 144 Å². The molecule has 0 N–H and O–H groups in total. The van der Waals surface area contributed by atoms with Gasteiger partial charge in [-0.15, -0.1) is 0 Å². The van der Waals surface area contributed by atoms with Crippen molar-refractivity contribution in [1.82, 2.24) is 0 Å². The summed E-state index contributed by atoms with van der Waals surface area (Å²) in [7, 11) is 0. The maximum absolute atomic E-state index is 2.63. The highest BCUT2D eigenvalue weighted by molar-refractivity contribution is 5.97. The quantitative estimate of drug-likeness (QED) is 0.177. The van der Waals surface area contributed by atoms with Crippen molar-refractivity contribution in [3.05, 3.63) is 162 Å². The molecular weight excluding hydrogens is 651 g/mol. The monoisotopic (exact) mass is 697 g/mol. The van der Waals surface area contributed by atoms with Gasteiger partial charge in [-0.05, 0) is 167 Å². The topological polar surface area (TPSA) is 3.24 Å². The zero-order valence-corrected chi connectivity index (χ0v) is 31.1. The van der Waals surface area contributed by atoms with E-state index < -0.39 is 0 Å². The number of anilines is 3. The van der Waals surface area contributed by atoms with Crippen molar-refractivity contribution in [3.8, 4) is 33.4 Å². The van der Waals surface area contributed by atoms with Gasteiger partial charge >= 0.3 is 0 Å². The highest BCUT2D eigenvalue weighted by Crippen LogP contribution is 2.71. The summed E-state index contributed by atoms with van der Waals surface area (Å²) in [6.07, 6.45) is 12.6. The maximum atomic E-state index is 2.63. The van der Waals surface area contributed by atoms with Gasteiger partial charge in [-0.25, -0.2) is 0 Å². The van der Waals surface area contributed by atoms with Crippen molar-refractivity contribution in [3.63, 3.8) is 0 Å². The summed E-state index contributed by atoms with van der Waals surface area (Å²) in [5.41, 5.74) is 19.0. The second-order valence-electron chi connectivity index (χ2n) is 18.5. The highest BCUT2D eigenvalue weighted by Gasteiger charge is 2.62. The predicted molar refractivity (Wildman–Crippen MR) is 221 cm³/mol. The van der Waals surface area contributed by atoms with E-state index in [1.165, 1.54) is 108 Å². The zero-order chi connectivity index (χ0) is 35.2. The van der Waals surface area contributed by atoms with Gasteiger partial charge in [0.25, 0.3) is 0 Å². The molecule has 0 aromatic heterocycles. The minimum Gasteiger partial charge on any atom is -0.310 e. The molecule has 6 saturated carbocycles. The fraction of sp³-hybridized carbons (Fsp3) is 0.321. The molecule has 6 aromatic rings. The SMILES string of the molecule is c1ccc(-c2ccc(N(c3ccc4c(c3)-c3ccccc3C43CC4CCC3C4)c3cccc4c3-c3ccccc3C43C4CC5CC(C4)CC3C5)cc2)cc1. The molecule has 3 atom stereocenters. The van der Waals surface area contributed by atoms with E-state index >= 15 is 0 Å². The predicted octanol–water partition coefficient (Wildman–Crippen LogP) is 13.6. The summed E-state index contributed by atoms with van der Waals surface area (Å²) in [4.78, 5) is 2.63. The second kappa shape index (κ2) is 10.9. The smallest absolute Gasteiger partial charge is 0.0543 e. The first-order valence-corrected chi connectivity index (χ1v) is 21.1. The maximum Gasteiger partial charge on any atom is 0.0543 e. The van der Waals surface area contributed by atoms with E-state index in [0.717, 1.165) is 35.5 Å². The molecule has 0 amide bonds. The van der Waals surface area contributed by atoms with Crippen molar-refractivity contribution in [2.75, 3.05) is 4.90 Å². The van der Waals surface area contributed by atoms with Gasteiger partial charge in [0.05, 0.1) is 5.69 Å². The van der Waals surface area contributed by atoms with Crippen LogP contribution in [-0.2, 0) is 10.8 Å². The molecule has 8 aliphatic carbocycles. The van der Waals surface area contributed by atoms with E-state index in [0.29, 0.717) is 0 Å². The summed E-state index contributed by atoms with van der Waals surface area (Å²) in [5, 5.41) is 0. The summed E-state index contributed by atoms with van der Waals surface area (Å²) < 4.78 is 0. The average Bonchev–Trinajstić information content (AvgIpc) is 3.98. The molecule has 2 spiro atoms. The summed E-state index contributed by atoms with van der Waals surface area (Å²) in [5.74, 6) is 5.01. The van der Waals surface area contributed by atoms with Gasteiger partial charge in [0, 0.05) is 27.8 Å². The number of benzene rings is 6. The molecule has 3 unspecified atom stereocenters. The van der Waals surface area contributed by atoms with E-state index in [9.17, 15) is 0 Å². The average molecular weight is 698 g/mol. The van der Waals surface area contributed by atoms with Crippen molar-refractivity contribution in [1.29, 1.82) is 0 Å². The van der Waals surface area contributed by atoms with Crippen LogP contribution in [0.1, 0.15) is 80.0 Å². The van der Waals surface area contributed by atoms with E-state index in [1.54, 1.807) is 22.3 Å². The van der Waals surface area contributed by atoms with Crippen LogP contribution in [0.15, 0.2) is 140 Å². The van der Waals surface area contributed by atoms with Crippen molar-refractivity contribution in [2.24, 2.45) is 35.5 Å². The number of hydrogen-bond acceptors (Lipinski definition) is 1. The molecule has 1 heteroatoms. The van der Waals surface area contributed by atoms with Crippen LogP contribution in [-0.4, -0.2) is 0 Å². The third-order valence-corrected chi connectivity index (χ3v) is 16.3. The molecule has 1 nitrogen and oxygen atoms in total. The minimum atomic E-state index is 0.142. The lowest BCUT2D eigenvalue weighted by molar-refractivity contribution is -0.0399. The molecule has 14 rings (SSSR count). The van der Waals surface area contributed by atoms with Gasteiger partial charge in [0.15, 0.2) is 0 Å². The fourth-order valence-corrected chi connectivity index (χ4v) is 14.8. The second-order valence-corrected chi connectivity index (χ2v) is 18.5. The molecule has 0 aliphatic heterocycles. The lowest BCUT2D eigenvalue weighted by Crippen LogP contribution is -2.55. The first-order chi connectivity index (χ1) is 26.7. The van der Waals surface area contributed by atoms with E-state index in [-0.39, 0.29) is 10.8 Å². The number of fused-ring (bicyclic) bond motifs is 11. The Morgan fingerprint density at radius 2 is 1.06 bits per heavy atom. The summed E-state index contributed by atoms with van der Waals surface area (Å²) >= 11 is 0. The molecular formula is C53H47N. The van der Waals surface area contributed by atoms with Gasteiger partial charge in [0.2, 0.25) is 0 Å². The van der Waals surface area contributed by atoms with E-state index in [1.807, 2.05) is 0 Å². The highest BCUT2D eigenvalue weighted by atomic mass is 15.1. The number of rotatable bonds is 4. The zero-order valence-electron chi connectivity index (χ0n) is 31.1. The Labute approximate surface area is 320 Å². The molecule has 6 aromatic carbocycles. The minimum absolute atomic E-state index is 0.142. The Hall–Kier alpha value is -4.88.